The van der Waals surface area contributed by atoms with E-state index in [-0.39, 0.29) is 0 Å². The molecule has 5 heteroatoms. The van der Waals surface area contributed by atoms with Crippen molar-refractivity contribution in [2.75, 3.05) is 0 Å². The van der Waals surface area contributed by atoms with E-state index in [1.165, 1.54) is 61.4 Å². The standard InChI is InChI=1S/C58H38GeN4/c1-5-20-39(21-6-1)55-54-47-31-13-16-33-49(47)59(41-23-7-2-8-24-41,42-25-9-3-10-26-42)57(54)61-58(60-55)40-22-19-29-44(38-40)63-50-34-17-14-30-45(50)46-36-37-52-53(56(46)63)48-32-15-18-35-51(48)62(52)43-27-11-4-12-28-43/h1-38H. The van der Waals surface area contributed by atoms with Gasteiger partial charge in [0, 0.05) is 0 Å². The fourth-order valence-electron chi connectivity index (χ4n) is 10.6. The van der Waals surface area contributed by atoms with Gasteiger partial charge in [-0.15, -0.1) is 0 Å². The first-order chi connectivity index (χ1) is 31.3. The molecular weight excluding hydrogens is 825 g/mol. The molecule has 4 heterocycles. The van der Waals surface area contributed by atoms with Crippen LogP contribution in [-0.4, -0.2) is 32.4 Å². The van der Waals surface area contributed by atoms with Crippen molar-refractivity contribution >= 4 is 74.6 Å². The van der Waals surface area contributed by atoms with Gasteiger partial charge in [0.15, 0.2) is 0 Å². The predicted octanol–water partition coefficient (Wildman–Crippen LogP) is 11.4. The van der Waals surface area contributed by atoms with E-state index in [0.29, 0.717) is 0 Å². The fraction of sp³-hybridized carbons (Fsp3) is 0. The first-order valence-corrected chi connectivity index (χ1v) is 25.8. The molecule has 0 spiro atoms. The summed E-state index contributed by atoms with van der Waals surface area (Å²) in [5.74, 6) is 0.732. The van der Waals surface area contributed by atoms with E-state index >= 15 is 0 Å². The zero-order valence-corrected chi connectivity index (χ0v) is 36.3. The first kappa shape index (κ1) is 35.9. The quantitative estimate of drug-likeness (QED) is 0.156. The average molecular weight is 864 g/mol. The van der Waals surface area contributed by atoms with E-state index in [4.69, 9.17) is 9.97 Å². The SMILES string of the molecule is c1ccc(-c2nc(-c3cccc(-n4c5ccccc5c5ccc6c(c7ccccc7n6-c6ccccc6)c54)c3)n[c]3c2-c2cccc[c]2[Ge]3([c]2ccccc2)[c]2ccccc2)cc1. The maximum absolute atomic E-state index is 5.87. The van der Waals surface area contributed by atoms with Crippen LogP contribution in [-0.2, 0) is 0 Å². The van der Waals surface area contributed by atoms with Crippen LogP contribution in [0, 0.1) is 0 Å². The van der Waals surface area contributed by atoms with Gasteiger partial charge in [0.05, 0.1) is 0 Å². The third-order valence-corrected chi connectivity index (χ3v) is 23.1. The molecule has 0 unspecified atom stereocenters. The van der Waals surface area contributed by atoms with E-state index in [2.05, 4.69) is 240 Å². The normalized spacial score (nSPS) is 12.9. The number of hydrogen-bond acceptors (Lipinski definition) is 2. The monoisotopic (exact) mass is 864 g/mol. The second-order valence-electron chi connectivity index (χ2n) is 16.5. The molecular formula is C58H38GeN4. The molecule has 3 aromatic heterocycles. The first-order valence-electron chi connectivity index (χ1n) is 21.6. The Labute approximate surface area is 367 Å². The van der Waals surface area contributed by atoms with Gasteiger partial charge in [-0.2, -0.15) is 0 Å². The maximum atomic E-state index is 5.87. The van der Waals surface area contributed by atoms with Gasteiger partial charge in [0.2, 0.25) is 0 Å². The van der Waals surface area contributed by atoms with Crippen molar-refractivity contribution in [3.05, 3.63) is 231 Å². The van der Waals surface area contributed by atoms with Crippen LogP contribution in [0.1, 0.15) is 0 Å². The second-order valence-corrected chi connectivity index (χ2v) is 24.2. The summed E-state index contributed by atoms with van der Waals surface area (Å²) < 4.78 is 10.2. The van der Waals surface area contributed by atoms with Crippen LogP contribution >= 0.6 is 0 Å². The Bertz CT molecular complexity index is 3690. The van der Waals surface area contributed by atoms with Gasteiger partial charge in [-0.1, -0.05) is 24.3 Å². The molecule has 9 aromatic carbocycles. The topological polar surface area (TPSA) is 35.6 Å². The number of aromatic nitrogens is 4. The molecule has 13 rings (SSSR count). The number of nitrogens with zero attached hydrogens (tertiary/aromatic N) is 4. The summed E-state index contributed by atoms with van der Waals surface area (Å²) in [5, 5.41) is 4.90. The van der Waals surface area contributed by atoms with Crippen molar-refractivity contribution in [3.8, 4) is 45.1 Å². The van der Waals surface area contributed by atoms with Crippen LogP contribution in [0.2, 0.25) is 0 Å². The van der Waals surface area contributed by atoms with Gasteiger partial charge in [0.1, 0.15) is 0 Å². The van der Waals surface area contributed by atoms with Crippen molar-refractivity contribution in [2.24, 2.45) is 0 Å². The predicted molar refractivity (Wildman–Crippen MR) is 264 cm³/mol. The van der Waals surface area contributed by atoms with Crippen molar-refractivity contribution in [3.63, 3.8) is 0 Å². The molecule has 0 saturated heterocycles. The summed E-state index contributed by atoms with van der Waals surface area (Å²) in [6, 6.07) is 83.9. The minimum atomic E-state index is -3.72. The average Bonchev–Trinajstić information content (AvgIpc) is 3.99. The molecule has 4 nitrogen and oxygen atoms in total. The summed E-state index contributed by atoms with van der Waals surface area (Å²) in [6.07, 6.45) is 0. The molecule has 0 N–H and O–H groups in total. The third kappa shape index (κ3) is 5.22. The van der Waals surface area contributed by atoms with Gasteiger partial charge < -0.3 is 0 Å². The van der Waals surface area contributed by atoms with Gasteiger partial charge in [0.25, 0.3) is 0 Å². The van der Waals surface area contributed by atoms with Gasteiger partial charge in [-0.05, 0) is 12.1 Å². The minimum absolute atomic E-state index is 0.732. The van der Waals surface area contributed by atoms with Crippen LogP contribution in [0.5, 0.6) is 0 Å². The van der Waals surface area contributed by atoms with Crippen LogP contribution in [0.3, 0.4) is 0 Å². The van der Waals surface area contributed by atoms with E-state index in [0.717, 1.165) is 45.1 Å². The molecule has 63 heavy (non-hydrogen) atoms. The Morgan fingerprint density at radius 3 is 1.68 bits per heavy atom. The molecule has 294 valence electrons. The van der Waals surface area contributed by atoms with Gasteiger partial charge >= 0.3 is 333 Å². The van der Waals surface area contributed by atoms with Crippen molar-refractivity contribution in [1.29, 1.82) is 0 Å². The zero-order chi connectivity index (χ0) is 41.5. The van der Waals surface area contributed by atoms with E-state index < -0.39 is 13.3 Å². The fourth-order valence-corrected chi connectivity index (χ4v) is 21.1. The molecule has 1 aliphatic heterocycles. The van der Waals surface area contributed by atoms with E-state index in [1.807, 2.05) is 0 Å². The number of fused-ring (bicyclic) bond motifs is 10. The van der Waals surface area contributed by atoms with E-state index in [1.54, 1.807) is 0 Å². The molecule has 1 aliphatic rings. The number of rotatable bonds is 6. The zero-order valence-electron chi connectivity index (χ0n) is 34.2. The van der Waals surface area contributed by atoms with Crippen molar-refractivity contribution in [2.45, 2.75) is 0 Å². The molecule has 12 aromatic rings. The number of hydrogen-bond donors (Lipinski definition) is 0. The Morgan fingerprint density at radius 1 is 0.381 bits per heavy atom. The molecule has 0 amide bonds. The molecule has 0 atom stereocenters. The Hall–Kier alpha value is -7.80. The van der Waals surface area contributed by atoms with Crippen LogP contribution < -0.4 is 17.7 Å². The Kier molecular flexibility index (Phi) is 8.05. The Balaban J connectivity index is 1.11. The van der Waals surface area contributed by atoms with Crippen LogP contribution in [0.25, 0.3) is 88.8 Å². The third-order valence-electron chi connectivity index (χ3n) is 13.2. The molecule has 0 saturated carbocycles. The van der Waals surface area contributed by atoms with Crippen LogP contribution in [0.15, 0.2) is 231 Å². The van der Waals surface area contributed by atoms with Gasteiger partial charge in [-0.3, -0.25) is 0 Å². The summed E-state index contributed by atoms with van der Waals surface area (Å²) in [7, 11) is 0. The van der Waals surface area contributed by atoms with Crippen molar-refractivity contribution in [1.82, 2.24) is 19.1 Å². The Morgan fingerprint density at radius 2 is 0.952 bits per heavy atom. The summed E-state index contributed by atoms with van der Waals surface area (Å²) in [6.45, 7) is 0. The molecule has 0 fully saturated rings. The number of benzene rings is 9. The van der Waals surface area contributed by atoms with E-state index in [9.17, 15) is 0 Å². The number of para-hydroxylation sites is 3. The van der Waals surface area contributed by atoms with Crippen molar-refractivity contribution < 1.29 is 0 Å². The molecule has 0 bridgehead atoms. The van der Waals surface area contributed by atoms with Gasteiger partial charge in [-0.25, -0.2) is 0 Å². The summed E-state index contributed by atoms with van der Waals surface area (Å²) >= 11 is -3.72. The summed E-state index contributed by atoms with van der Waals surface area (Å²) in [5.41, 5.74) is 12.3. The second kappa shape index (κ2) is 14.1. The van der Waals surface area contributed by atoms with Crippen LogP contribution in [0.4, 0.5) is 0 Å². The molecule has 0 radical (unpaired) electrons. The molecule has 0 aliphatic carbocycles. The summed E-state index contributed by atoms with van der Waals surface area (Å²) in [4.78, 5) is 11.5.